The molecule has 0 radical (unpaired) electrons. The molecule has 0 amide bonds. The number of halogens is 1. The third-order valence-corrected chi connectivity index (χ3v) is 8.23. The predicted molar refractivity (Wildman–Crippen MR) is 103 cm³/mol. The van der Waals surface area contributed by atoms with Crippen LogP contribution in [0.4, 0.5) is 0 Å². The van der Waals surface area contributed by atoms with E-state index in [1.54, 1.807) is 0 Å². The highest BCUT2D eigenvalue weighted by molar-refractivity contribution is 6.22. The number of esters is 1. The van der Waals surface area contributed by atoms with Crippen LogP contribution in [0.3, 0.4) is 0 Å². The van der Waals surface area contributed by atoms with Gasteiger partial charge in [0.2, 0.25) is 0 Å². The van der Waals surface area contributed by atoms with Crippen molar-refractivity contribution in [1.82, 2.24) is 0 Å². The van der Waals surface area contributed by atoms with Crippen LogP contribution in [-0.4, -0.2) is 18.0 Å². The first-order valence-electron chi connectivity index (χ1n) is 9.62. The highest BCUT2D eigenvalue weighted by Crippen LogP contribution is 2.64. The summed E-state index contributed by atoms with van der Waals surface area (Å²) in [4.78, 5) is 11.8. The number of ether oxygens (including phenoxy) is 1. The van der Waals surface area contributed by atoms with E-state index in [9.17, 15) is 4.79 Å². The minimum Gasteiger partial charge on any atom is -0.458 e. The molecule has 6 atom stereocenters. The molecule has 0 aromatic carbocycles. The van der Waals surface area contributed by atoms with E-state index in [1.165, 1.54) is 19.3 Å². The molecule has 0 aromatic heterocycles. The zero-order valence-corrected chi connectivity index (χ0v) is 16.7. The first-order chi connectivity index (χ1) is 11.7. The molecule has 3 aliphatic rings. The van der Waals surface area contributed by atoms with Crippen LogP contribution in [-0.2, 0) is 9.53 Å². The molecular formula is C22H31ClO2. The molecule has 0 bridgehead atoms. The van der Waals surface area contributed by atoms with Gasteiger partial charge in [0.15, 0.2) is 0 Å². The lowest BCUT2D eigenvalue weighted by atomic mass is 9.44. The number of carbonyl (C=O) groups is 1. The van der Waals surface area contributed by atoms with Crippen molar-refractivity contribution in [3.63, 3.8) is 0 Å². The van der Waals surface area contributed by atoms with Crippen molar-refractivity contribution in [3.8, 4) is 0 Å². The van der Waals surface area contributed by atoms with Crippen molar-refractivity contribution in [2.75, 3.05) is 6.61 Å². The van der Waals surface area contributed by atoms with Crippen molar-refractivity contribution < 1.29 is 9.53 Å². The molecule has 0 spiro atoms. The highest BCUT2D eigenvalue weighted by atomic mass is 35.5. The first kappa shape index (κ1) is 18.8. The van der Waals surface area contributed by atoms with Gasteiger partial charge in [-0.1, -0.05) is 58.4 Å². The quantitative estimate of drug-likeness (QED) is 0.367. The Morgan fingerprint density at radius 2 is 2.16 bits per heavy atom. The van der Waals surface area contributed by atoms with Gasteiger partial charge in [-0.25, -0.2) is 4.79 Å². The molecule has 3 heteroatoms. The van der Waals surface area contributed by atoms with E-state index in [0.29, 0.717) is 29.4 Å². The van der Waals surface area contributed by atoms with Gasteiger partial charge in [0, 0.05) is 5.92 Å². The van der Waals surface area contributed by atoms with Gasteiger partial charge in [-0.2, -0.15) is 0 Å². The molecule has 2 nitrogen and oxygen atoms in total. The van der Waals surface area contributed by atoms with E-state index < -0.39 is 0 Å². The van der Waals surface area contributed by atoms with Gasteiger partial charge >= 0.3 is 5.97 Å². The molecule has 2 fully saturated rings. The van der Waals surface area contributed by atoms with E-state index in [4.69, 9.17) is 16.3 Å². The Balaban J connectivity index is 1.97. The highest BCUT2D eigenvalue weighted by Gasteiger charge is 2.57. The maximum atomic E-state index is 11.8. The molecule has 1 heterocycles. The molecule has 25 heavy (non-hydrogen) atoms. The number of allylic oxidation sites excluding steroid dienone is 2. The van der Waals surface area contributed by atoms with Crippen LogP contribution in [0.15, 0.2) is 36.0 Å². The summed E-state index contributed by atoms with van der Waals surface area (Å²) in [7, 11) is 0. The Bertz CT molecular complexity index is 634. The first-order valence-corrected chi connectivity index (χ1v) is 10.1. The number of carbonyl (C=O) groups excluding carboxylic acids is 1. The largest absolute Gasteiger partial charge is 0.458 e. The van der Waals surface area contributed by atoms with E-state index in [0.717, 1.165) is 12.0 Å². The van der Waals surface area contributed by atoms with Gasteiger partial charge in [0.1, 0.15) is 6.61 Å². The molecular weight excluding hydrogens is 332 g/mol. The summed E-state index contributed by atoms with van der Waals surface area (Å²) in [5.74, 6) is 1.27. The smallest absolute Gasteiger partial charge is 0.338 e. The fourth-order valence-corrected chi connectivity index (χ4v) is 5.98. The van der Waals surface area contributed by atoms with Crippen molar-refractivity contribution in [3.05, 3.63) is 36.0 Å². The summed E-state index contributed by atoms with van der Waals surface area (Å²) in [5.41, 5.74) is 2.22. The average molecular weight is 363 g/mol. The molecule has 1 aliphatic heterocycles. The van der Waals surface area contributed by atoms with Crippen LogP contribution in [0, 0.1) is 28.6 Å². The normalized spacial score (nSPS) is 44.6. The molecule has 2 saturated carbocycles. The van der Waals surface area contributed by atoms with E-state index in [2.05, 4.69) is 40.3 Å². The monoisotopic (exact) mass is 362 g/mol. The third-order valence-electron chi connectivity index (χ3n) is 7.77. The number of fused-ring (bicyclic) bond motifs is 1. The summed E-state index contributed by atoms with van der Waals surface area (Å²) in [6, 6.07) is 0. The molecule has 138 valence electrons. The van der Waals surface area contributed by atoms with Gasteiger partial charge in [-0.3, -0.25) is 0 Å². The van der Waals surface area contributed by atoms with Crippen molar-refractivity contribution in [1.29, 1.82) is 0 Å². The molecule has 0 aromatic rings. The summed E-state index contributed by atoms with van der Waals surface area (Å²) in [6.07, 6.45) is 10.6. The van der Waals surface area contributed by atoms with E-state index >= 15 is 0 Å². The van der Waals surface area contributed by atoms with Crippen molar-refractivity contribution in [2.45, 2.75) is 58.8 Å². The fourth-order valence-electron chi connectivity index (χ4n) is 5.66. The average Bonchev–Trinajstić information content (AvgIpc) is 2.99. The number of cyclic esters (lactones) is 1. The molecule has 3 rings (SSSR count). The van der Waals surface area contributed by atoms with Crippen molar-refractivity contribution in [2.24, 2.45) is 28.6 Å². The summed E-state index contributed by atoms with van der Waals surface area (Å²) < 4.78 is 5.02. The summed E-state index contributed by atoms with van der Waals surface area (Å²) in [6.45, 7) is 14.3. The Labute approximate surface area is 157 Å². The maximum Gasteiger partial charge on any atom is 0.338 e. The fraction of sp³-hybridized carbons (Fsp3) is 0.682. The second-order valence-electron chi connectivity index (χ2n) is 8.73. The zero-order valence-electron chi connectivity index (χ0n) is 16.0. The lowest BCUT2D eigenvalue weighted by Crippen LogP contribution is -2.54. The van der Waals surface area contributed by atoms with Gasteiger partial charge in [-0.05, 0) is 48.0 Å². The summed E-state index contributed by atoms with van der Waals surface area (Å²) >= 11 is 6.76. The van der Waals surface area contributed by atoms with E-state index in [1.807, 2.05) is 12.2 Å². The lowest BCUT2D eigenvalue weighted by Gasteiger charge is -2.61. The van der Waals surface area contributed by atoms with Gasteiger partial charge in [0.25, 0.3) is 0 Å². The molecule has 0 N–H and O–H groups in total. The number of hydrogen-bond donors (Lipinski definition) is 0. The van der Waals surface area contributed by atoms with E-state index in [-0.39, 0.29) is 22.7 Å². The number of hydrogen-bond acceptors (Lipinski definition) is 2. The Hall–Kier alpha value is -1.02. The third kappa shape index (κ3) is 2.91. The summed E-state index contributed by atoms with van der Waals surface area (Å²) in [5, 5.41) is 0.00779. The second kappa shape index (κ2) is 6.61. The SMILES string of the molecule is C=C1C(Cl)CC2C(C)(CC)C(C)CCC2(C)C1/C=C/C1=CCOC1=O. The topological polar surface area (TPSA) is 26.3 Å². The minimum absolute atomic E-state index is 0.00779. The second-order valence-corrected chi connectivity index (χ2v) is 9.26. The van der Waals surface area contributed by atoms with Crippen LogP contribution in [0.5, 0.6) is 0 Å². The minimum atomic E-state index is -0.225. The molecule has 0 saturated heterocycles. The Kier molecular flexibility index (Phi) is 4.96. The predicted octanol–water partition coefficient (Wildman–Crippen LogP) is 5.68. The standard InChI is InChI=1S/C22H31ClO2/c1-6-21(4)14(2)9-11-22(5)17(15(3)18(23)13-19(21)22)8-7-16-10-12-25-20(16)24/h7-8,10,14,17-19H,3,6,9,11-13H2,1-2,4-5H3/b8-7+. The molecule has 2 aliphatic carbocycles. The Morgan fingerprint density at radius 3 is 2.76 bits per heavy atom. The maximum absolute atomic E-state index is 11.8. The Morgan fingerprint density at radius 1 is 1.44 bits per heavy atom. The van der Waals surface area contributed by atoms with Gasteiger partial charge in [0.05, 0.1) is 11.0 Å². The van der Waals surface area contributed by atoms with Crippen LogP contribution in [0.25, 0.3) is 0 Å². The zero-order chi connectivity index (χ0) is 18.4. The number of rotatable bonds is 3. The number of alkyl halides is 1. The molecule has 6 unspecified atom stereocenters. The lowest BCUT2D eigenvalue weighted by molar-refractivity contribution is -0.135. The van der Waals surface area contributed by atoms with Gasteiger partial charge < -0.3 is 4.74 Å². The van der Waals surface area contributed by atoms with Gasteiger partial charge in [-0.15, -0.1) is 11.6 Å². The van der Waals surface area contributed by atoms with Crippen LogP contribution >= 0.6 is 11.6 Å². The van der Waals surface area contributed by atoms with Crippen LogP contribution < -0.4 is 0 Å². The van der Waals surface area contributed by atoms with Crippen molar-refractivity contribution >= 4 is 17.6 Å². The van der Waals surface area contributed by atoms with Crippen LogP contribution in [0.2, 0.25) is 0 Å². The van der Waals surface area contributed by atoms with Crippen LogP contribution in [0.1, 0.15) is 53.4 Å².